The molecule has 8 atom stereocenters. The molecule has 0 aliphatic heterocycles. The van der Waals surface area contributed by atoms with Gasteiger partial charge in [0.2, 0.25) is 0 Å². The van der Waals surface area contributed by atoms with Crippen LogP contribution in [-0.2, 0) is 9.47 Å². The van der Waals surface area contributed by atoms with Gasteiger partial charge in [-0.2, -0.15) is 0 Å². The lowest BCUT2D eigenvalue weighted by atomic mass is 9.47. The van der Waals surface area contributed by atoms with Crippen LogP contribution in [0.15, 0.2) is 11.6 Å². The van der Waals surface area contributed by atoms with Gasteiger partial charge in [0.1, 0.15) is 6.10 Å². The van der Waals surface area contributed by atoms with E-state index in [1.165, 1.54) is 58.5 Å². The van der Waals surface area contributed by atoms with Crippen LogP contribution >= 0.6 is 0 Å². The van der Waals surface area contributed by atoms with Gasteiger partial charge >= 0.3 is 6.16 Å². The first-order valence-electron chi connectivity index (χ1n) is 13.6. The Morgan fingerprint density at radius 2 is 1.84 bits per heavy atom. The smallest absolute Gasteiger partial charge is 0.438 e. The average Bonchev–Trinajstić information content (AvgIpc) is 3.11. The highest BCUT2D eigenvalue weighted by atomic mass is 16.7. The topological polar surface area (TPSA) is 35.5 Å². The molecule has 4 aliphatic carbocycles. The van der Waals surface area contributed by atoms with E-state index in [0.29, 0.717) is 10.8 Å². The summed E-state index contributed by atoms with van der Waals surface area (Å²) in [6, 6.07) is 0. The molecule has 0 N–H and O–H groups in total. The summed E-state index contributed by atoms with van der Waals surface area (Å²) in [5.74, 6) is 5.20. The summed E-state index contributed by atoms with van der Waals surface area (Å²) in [4.78, 5) is 11.6. The first-order chi connectivity index (χ1) is 15.2. The van der Waals surface area contributed by atoms with E-state index < -0.39 is 6.16 Å². The van der Waals surface area contributed by atoms with Crippen molar-refractivity contribution in [2.24, 2.45) is 46.3 Å². The zero-order chi connectivity index (χ0) is 23.1. The molecule has 0 heterocycles. The van der Waals surface area contributed by atoms with Gasteiger partial charge in [-0.25, -0.2) is 4.79 Å². The van der Waals surface area contributed by atoms with E-state index >= 15 is 0 Å². The Morgan fingerprint density at radius 3 is 2.56 bits per heavy atom. The molecule has 0 aromatic carbocycles. The van der Waals surface area contributed by atoms with Gasteiger partial charge < -0.3 is 9.47 Å². The average molecular weight is 445 g/mol. The maximum atomic E-state index is 11.6. The maximum Gasteiger partial charge on any atom is 0.508 e. The molecule has 0 radical (unpaired) electrons. The van der Waals surface area contributed by atoms with Crippen molar-refractivity contribution >= 4 is 6.16 Å². The van der Waals surface area contributed by atoms with Crippen molar-refractivity contribution in [3.05, 3.63) is 11.6 Å². The number of rotatable bonds is 6. The minimum atomic E-state index is -0.527. The highest BCUT2D eigenvalue weighted by Gasteiger charge is 2.59. The van der Waals surface area contributed by atoms with E-state index in [9.17, 15) is 4.79 Å². The van der Waals surface area contributed by atoms with Crippen LogP contribution in [0.3, 0.4) is 0 Å². The molecular weight excluding hydrogens is 396 g/mol. The summed E-state index contributed by atoms with van der Waals surface area (Å²) in [7, 11) is 1.40. The molecule has 0 aromatic rings. The van der Waals surface area contributed by atoms with Crippen molar-refractivity contribution in [2.45, 2.75) is 111 Å². The number of carbonyl (C=O) groups excluding carboxylic acids is 1. The predicted molar refractivity (Wildman–Crippen MR) is 130 cm³/mol. The molecule has 3 heteroatoms. The fraction of sp³-hybridized carbons (Fsp3) is 0.897. The molecule has 3 nitrogen and oxygen atoms in total. The molecule has 0 unspecified atom stereocenters. The van der Waals surface area contributed by atoms with Crippen molar-refractivity contribution < 1.29 is 14.3 Å². The van der Waals surface area contributed by atoms with Gasteiger partial charge in [-0.3, -0.25) is 0 Å². The van der Waals surface area contributed by atoms with E-state index in [0.717, 1.165) is 54.8 Å². The van der Waals surface area contributed by atoms with E-state index in [1.54, 1.807) is 5.57 Å². The Hall–Kier alpha value is -0.990. The molecule has 4 rings (SSSR count). The summed E-state index contributed by atoms with van der Waals surface area (Å²) >= 11 is 0. The largest absolute Gasteiger partial charge is 0.508 e. The number of hydrogen-bond donors (Lipinski definition) is 0. The van der Waals surface area contributed by atoms with Crippen LogP contribution in [0.2, 0.25) is 0 Å². The Labute approximate surface area is 197 Å². The number of fused-ring (bicyclic) bond motifs is 5. The fourth-order valence-corrected chi connectivity index (χ4v) is 8.94. The van der Waals surface area contributed by atoms with Gasteiger partial charge in [-0.1, -0.05) is 65.5 Å². The molecular formula is C29H48O3. The molecule has 3 saturated carbocycles. The Bertz CT molecular complexity index is 711. The van der Waals surface area contributed by atoms with Gasteiger partial charge in [0.15, 0.2) is 0 Å². The van der Waals surface area contributed by atoms with Crippen LogP contribution in [0.25, 0.3) is 0 Å². The second kappa shape index (κ2) is 9.34. The third kappa shape index (κ3) is 4.27. The normalized spacial score (nSPS) is 41.8. The SMILES string of the molecule is COC(=O)O[C@H]1CC[C@@]2(C)C(=CC[C@@H]3[C@H]4CC[C@@H]([C@@H](C)CCCC(C)C)[C@]4(C)CC[C@H]32)C1. The van der Waals surface area contributed by atoms with Crippen LogP contribution in [-0.4, -0.2) is 19.4 Å². The van der Waals surface area contributed by atoms with Gasteiger partial charge in [0.25, 0.3) is 0 Å². The van der Waals surface area contributed by atoms with Crippen LogP contribution in [0.5, 0.6) is 0 Å². The summed E-state index contributed by atoms with van der Waals surface area (Å²) < 4.78 is 10.3. The zero-order valence-corrected chi connectivity index (χ0v) is 21.6. The van der Waals surface area contributed by atoms with Crippen molar-refractivity contribution in [1.29, 1.82) is 0 Å². The molecule has 4 aliphatic rings. The van der Waals surface area contributed by atoms with E-state index in [-0.39, 0.29) is 6.10 Å². The van der Waals surface area contributed by atoms with Gasteiger partial charge in [0.05, 0.1) is 7.11 Å². The van der Waals surface area contributed by atoms with Crippen LogP contribution < -0.4 is 0 Å². The number of carbonyl (C=O) groups is 1. The number of allylic oxidation sites excluding steroid dienone is 1. The standard InChI is InChI=1S/C29H48O3/c1-19(2)8-7-9-20(3)24-12-13-25-23-11-10-21-18-22(32-27(30)31-6)14-16-28(21,4)26(23)15-17-29(24,25)5/h10,19-20,22-26H,7-9,11-18H2,1-6H3/t20-,22-,23+,24-,25+,26+,28-,29-/m0/s1. The molecule has 32 heavy (non-hydrogen) atoms. The van der Waals surface area contributed by atoms with Crippen molar-refractivity contribution in [3.63, 3.8) is 0 Å². The third-order valence-corrected chi connectivity index (χ3v) is 10.7. The van der Waals surface area contributed by atoms with Gasteiger partial charge in [0, 0.05) is 6.42 Å². The highest BCUT2D eigenvalue weighted by Crippen LogP contribution is 2.67. The van der Waals surface area contributed by atoms with E-state index in [1.807, 2.05) is 0 Å². The summed E-state index contributed by atoms with van der Waals surface area (Å²) in [5, 5.41) is 0. The second-order valence-corrected chi connectivity index (χ2v) is 12.7. The molecule has 0 aromatic heterocycles. The Balaban J connectivity index is 1.45. The van der Waals surface area contributed by atoms with Gasteiger partial charge in [-0.15, -0.1) is 0 Å². The molecule has 0 bridgehead atoms. The summed E-state index contributed by atoms with van der Waals surface area (Å²) in [6.45, 7) is 12.5. The highest BCUT2D eigenvalue weighted by molar-refractivity contribution is 5.59. The van der Waals surface area contributed by atoms with Crippen molar-refractivity contribution in [2.75, 3.05) is 7.11 Å². The quantitative estimate of drug-likeness (QED) is 0.306. The lowest BCUT2D eigenvalue weighted by Crippen LogP contribution is -2.51. The lowest BCUT2D eigenvalue weighted by Gasteiger charge is -2.58. The molecule has 0 spiro atoms. The van der Waals surface area contributed by atoms with E-state index in [4.69, 9.17) is 9.47 Å². The summed E-state index contributed by atoms with van der Waals surface area (Å²) in [6.07, 6.45) is 16.2. The minimum absolute atomic E-state index is 0.00488. The number of ether oxygens (including phenoxy) is 2. The molecule has 3 fully saturated rings. The van der Waals surface area contributed by atoms with E-state index in [2.05, 4.69) is 40.7 Å². The molecule has 182 valence electrons. The number of methoxy groups -OCH3 is 1. The minimum Gasteiger partial charge on any atom is -0.438 e. The van der Waals surface area contributed by atoms with Crippen molar-refractivity contribution in [3.8, 4) is 0 Å². The van der Waals surface area contributed by atoms with Gasteiger partial charge in [-0.05, 0) is 91.3 Å². The first kappa shape index (κ1) is 24.1. The fourth-order valence-electron chi connectivity index (χ4n) is 8.94. The number of hydrogen-bond acceptors (Lipinski definition) is 3. The molecule has 0 amide bonds. The predicted octanol–water partition coefficient (Wildman–Crippen LogP) is 8.18. The van der Waals surface area contributed by atoms with Crippen molar-refractivity contribution in [1.82, 2.24) is 0 Å². The summed E-state index contributed by atoms with van der Waals surface area (Å²) in [5.41, 5.74) is 2.42. The zero-order valence-electron chi connectivity index (χ0n) is 21.6. The first-order valence-corrected chi connectivity index (χ1v) is 13.6. The Kier molecular flexibility index (Phi) is 7.04. The molecule has 0 saturated heterocycles. The Morgan fingerprint density at radius 1 is 1.06 bits per heavy atom. The second-order valence-electron chi connectivity index (χ2n) is 12.7. The van der Waals surface area contributed by atoms with Crippen LogP contribution in [0.4, 0.5) is 4.79 Å². The van der Waals surface area contributed by atoms with Crippen LogP contribution in [0.1, 0.15) is 105 Å². The van der Waals surface area contributed by atoms with Crippen LogP contribution in [0, 0.1) is 46.3 Å². The third-order valence-electron chi connectivity index (χ3n) is 10.7. The maximum absolute atomic E-state index is 11.6. The lowest BCUT2D eigenvalue weighted by molar-refractivity contribution is -0.0608. The monoisotopic (exact) mass is 444 g/mol.